The molecular formula is C12H21N3. The van der Waals surface area contributed by atoms with Gasteiger partial charge in [0.2, 0.25) is 0 Å². The molecule has 1 aliphatic heterocycles. The lowest BCUT2D eigenvalue weighted by Gasteiger charge is -2.30. The molecule has 2 rings (SSSR count). The van der Waals surface area contributed by atoms with Crippen LogP contribution in [0.5, 0.6) is 0 Å². The first kappa shape index (κ1) is 10.7. The summed E-state index contributed by atoms with van der Waals surface area (Å²) in [7, 11) is 0. The zero-order chi connectivity index (χ0) is 10.8. The van der Waals surface area contributed by atoms with Gasteiger partial charge in [-0.15, -0.1) is 0 Å². The Morgan fingerprint density at radius 3 is 3.00 bits per heavy atom. The maximum Gasteiger partial charge on any atom is 0.0950 e. The molecule has 0 aromatic carbocycles. The van der Waals surface area contributed by atoms with E-state index in [1.54, 1.807) is 0 Å². The standard InChI is InChI=1S/C12H21N3/c1-9(2)15-8-14-7-12(15)11-4-5-13-6-10(11)3/h7-11,13H,4-6H2,1-3H3. The van der Waals surface area contributed by atoms with Crippen LogP contribution in [0.3, 0.4) is 0 Å². The van der Waals surface area contributed by atoms with Gasteiger partial charge in [-0.2, -0.15) is 0 Å². The van der Waals surface area contributed by atoms with Crippen molar-refractivity contribution >= 4 is 0 Å². The number of aromatic nitrogens is 2. The molecule has 2 unspecified atom stereocenters. The SMILES string of the molecule is CC1CNCCC1c1cncn1C(C)C. The predicted octanol–water partition coefficient (Wildman–Crippen LogP) is 2.18. The van der Waals surface area contributed by atoms with Gasteiger partial charge in [-0.25, -0.2) is 4.98 Å². The Morgan fingerprint density at radius 2 is 2.33 bits per heavy atom. The Bertz CT molecular complexity index is 316. The summed E-state index contributed by atoms with van der Waals surface area (Å²) in [5.41, 5.74) is 1.42. The first-order valence-corrected chi connectivity index (χ1v) is 5.92. The third-order valence-corrected chi connectivity index (χ3v) is 3.42. The van der Waals surface area contributed by atoms with Crippen molar-refractivity contribution in [2.24, 2.45) is 5.92 Å². The number of imidazole rings is 1. The number of nitrogens with one attached hydrogen (secondary N) is 1. The highest BCUT2D eigenvalue weighted by Gasteiger charge is 2.25. The van der Waals surface area contributed by atoms with E-state index in [0.29, 0.717) is 17.9 Å². The van der Waals surface area contributed by atoms with Gasteiger partial charge in [-0.3, -0.25) is 0 Å². The fourth-order valence-electron chi connectivity index (χ4n) is 2.49. The maximum atomic E-state index is 4.30. The molecule has 0 bridgehead atoms. The highest BCUT2D eigenvalue weighted by Crippen LogP contribution is 2.30. The fraction of sp³-hybridized carbons (Fsp3) is 0.750. The Labute approximate surface area is 91.9 Å². The molecule has 2 heterocycles. The van der Waals surface area contributed by atoms with E-state index in [1.165, 1.54) is 12.1 Å². The summed E-state index contributed by atoms with van der Waals surface area (Å²) >= 11 is 0. The van der Waals surface area contributed by atoms with Crippen molar-refractivity contribution in [3.8, 4) is 0 Å². The normalized spacial score (nSPS) is 27.2. The quantitative estimate of drug-likeness (QED) is 0.805. The van der Waals surface area contributed by atoms with Crippen molar-refractivity contribution in [2.75, 3.05) is 13.1 Å². The van der Waals surface area contributed by atoms with Crippen LogP contribution in [-0.2, 0) is 0 Å². The van der Waals surface area contributed by atoms with E-state index in [1.807, 2.05) is 12.5 Å². The molecule has 1 N–H and O–H groups in total. The number of hydrogen-bond donors (Lipinski definition) is 1. The largest absolute Gasteiger partial charge is 0.332 e. The average molecular weight is 207 g/mol. The van der Waals surface area contributed by atoms with E-state index >= 15 is 0 Å². The molecule has 1 saturated heterocycles. The second-order valence-electron chi connectivity index (χ2n) is 4.90. The molecule has 3 nitrogen and oxygen atoms in total. The fourth-order valence-corrected chi connectivity index (χ4v) is 2.49. The molecule has 15 heavy (non-hydrogen) atoms. The van der Waals surface area contributed by atoms with E-state index in [9.17, 15) is 0 Å². The van der Waals surface area contributed by atoms with Gasteiger partial charge in [-0.1, -0.05) is 6.92 Å². The molecule has 2 atom stereocenters. The predicted molar refractivity (Wildman–Crippen MR) is 62.0 cm³/mol. The third kappa shape index (κ3) is 2.07. The van der Waals surface area contributed by atoms with Gasteiger partial charge in [0.15, 0.2) is 0 Å². The number of piperidine rings is 1. The summed E-state index contributed by atoms with van der Waals surface area (Å²) in [6.45, 7) is 9.04. The Morgan fingerprint density at radius 1 is 1.53 bits per heavy atom. The molecule has 0 radical (unpaired) electrons. The molecule has 1 aromatic heterocycles. The second kappa shape index (κ2) is 4.35. The van der Waals surface area contributed by atoms with Gasteiger partial charge in [0.05, 0.1) is 6.33 Å². The van der Waals surface area contributed by atoms with Crippen molar-refractivity contribution < 1.29 is 0 Å². The summed E-state index contributed by atoms with van der Waals surface area (Å²) in [5, 5.41) is 3.45. The van der Waals surface area contributed by atoms with Gasteiger partial charge in [0, 0.05) is 23.9 Å². The molecule has 1 fully saturated rings. The topological polar surface area (TPSA) is 29.9 Å². The zero-order valence-corrected chi connectivity index (χ0v) is 9.90. The first-order valence-electron chi connectivity index (χ1n) is 5.92. The van der Waals surface area contributed by atoms with Crippen LogP contribution in [-0.4, -0.2) is 22.6 Å². The smallest absolute Gasteiger partial charge is 0.0950 e. The van der Waals surface area contributed by atoms with Crippen LogP contribution < -0.4 is 5.32 Å². The average Bonchev–Trinajstić information content (AvgIpc) is 2.67. The van der Waals surface area contributed by atoms with Gasteiger partial charge in [0.1, 0.15) is 0 Å². The molecule has 1 aromatic rings. The summed E-state index contributed by atoms with van der Waals surface area (Å²) in [6, 6.07) is 0.518. The molecule has 0 spiro atoms. The minimum Gasteiger partial charge on any atom is -0.332 e. The van der Waals surface area contributed by atoms with E-state index in [0.717, 1.165) is 13.1 Å². The van der Waals surface area contributed by atoms with Gasteiger partial charge in [0.25, 0.3) is 0 Å². The first-order chi connectivity index (χ1) is 7.20. The lowest BCUT2D eigenvalue weighted by molar-refractivity contribution is 0.332. The summed E-state index contributed by atoms with van der Waals surface area (Å²) in [5.74, 6) is 1.39. The van der Waals surface area contributed by atoms with Crippen LogP contribution in [0.2, 0.25) is 0 Å². The van der Waals surface area contributed by atoms with Crippen molar-refractivity contribution in [1.82, 2.24) is 14.9 Å². The second-order valence-corrected chi connectivity index (χ2v) is 4.90. The minimum atomic E-state index is 0.518. The van der Waals surface area contributed by atoms with Gasteiger partial charge < -0.3 is 9.88 Å². The number of hydrogen-bond acceptors (Lipinski definition) is 2. The van der Waals surface area contributed by atoms with E-state index in [4.69, 9.17) is 0 Å². The van der Waals surface area contributed by atoms with Gasteiger partial charge in [-0.05, 0) is 39.3 Å². The van der Waals surface area contributed by atoms with Gasteiger partial charge >= 0.3 is 0 Å². The van der Waals surface area contributed by atoms with E-state index in [-0.39, 0.29) is 0 Å². The van der Waals surface area contributed by atoms with Crippen LogP contribution in [0.25, 0.3) is 0 Å². The molecule has 84 valence electrons. The summed E-state index contributed by atoms with van der Waals surface area (Å²) in [6.07, 6.45) is 5.25. The molecule has 0 saturated carbocycles. The highest BCUT2D eigenvalue weighted by molar-refractivity contribution is 5.10. The zero-order valence-electron chi connectivity index (χ0n) is 9.90. The molecular weight excluding hydrogens is 186 g/mol. The lowest BCUT2D eigenvalue weighted by Crippen LogP contribution is -2.34. The summed E-state index contributed by atoms with van der Waals surface area (Å²) in [4.78, 5) is 4.30. The minimum absolute atomic E-state index is 0.518. The molecule has 1 aliphatic rings. The lowest BCUT2D eigenvalue weighted by atomic mass is 9.85. The van der Waals surface area contributed by atoms with E-state index in [2.05, 4.69) is 35.6 Å². The van der Waals surface area contributed by atoms with Crippen molar-refractivity contribution in [1.29, 1.82) is 0 Å². The summed E-state index contributed by atoms with van der Waals surface area (Å²) < 4.78 is 2.31. The molecule has 0 amide bonds. The maximum absolute atomic E-state index is 4.30. The van der Waals surface area contributed by atoms with Crippen LogP contribution in [0, 0.1) is 5.92 Å². The van der Waals surface area contributed by atoms with Crippen LogP contribution in [0.15, 0.2) is 12.5 Å². The Kier molecular flexibility index (Phi) is 3.10. The van der Waals surface area contributed by atoms with Crippen molar-refractivity contribution in [3.63, 3.8) is 0 Å². The van der Waals surface area contributed by atoms with Crippen molar-refractivity contribution in [2.45, 2.75) is 39.2 Å². The van der Waals surface area contributed by atoms with Crippen LogP contribution >= 0.6 is 0 Å². The highest BCUT2D eigenvalue weighted by atomic mass is 15.1. The van der Waals surface area contributed by atoms with E-state index < -0.39 is 0 Å². The van der Waals surface area contributed by atoms with Crippen LogP contribution in [0.4, 0.5) is 0 Å². The Hall–Kier alpha value is -0.830. The number of rotatable bonds is 2. The monoisotopic (exact) mass is 207 g/mol. The number of nitrogens with zero attached hydrogens (tertiary/aromatic N) is 2. The third-order valence-electron chi connectivity index (χ3n) is 3.42. The molecule has 3 heteroatoms. The van der Waals surface area contributed by atoms with Crippen LogP contribution in [0.1, 0.15) is 44.8 Å². The van der Waals surface area contributed by atoms with Crippen molar-refractivity contribution in [3.05, 3.63) is 18.2 Å². The molecule has 0 aliphatic carbocycles. The Balaban J connectivity index is 2.23.